The Bertz CT molecular complexity index is 479. The van der Waals surface area contributed by atoms with Crippen molar-refractivity contribution < 1.29 is 18.0 Å². The summed E-state index contributed by atoms with van der Waals surface area (Å²) in [5.41, 5.74) is -0.144. The molecule has 0 spiro atoms. The molecular formula is C12H13F3N2O. The number of hydrogen-bond donors (Lipinski definition) is 1. The molecule has 0 saturated carbocycles. The van der Waals surface area contributed by atoms with Gasteiger partial charge in [0.05, 0.1) is 6.54 Å². The molecule has 1 heterocycles. The molecule has 6 heteroatoms. The quantitative estimate of drug-likeness (QED) is 0.814. The zero-order valence-corrected chi connectivity index (χ0v) is 9.84. The van der Waals surface area contributed by atoms with Crippen molar-refractivity contribution in [3.05, 3.63) is 35.1 Å². The zero-order chi connectivity index (χ0) is 13.3. The number of hydrogen-bond acceptors (Lipinski definition) is 2. The van der Waals surface area contributed by atoms with E-state index in [1.807, 2.05) is 6.92 Å². The van der Waals surface area contributed by atoms with Crippen molar-refractivity contribution in [2.24, 2.45) is 0 Å². The second-order valence-corrected chi connectivity index (χ2v) is 4.42. The fourth-order valence-electron chi connectivity index (χ4n) is 1.95. The van der Waals surface area contributed by atoms with Crippen molar-refractivity contribution in [2.75, 3.05) is 13.1 Å². The molecule has 1 amide bonds. The van der Waals surface area contributed by atoms with Crippen molar-refractivity contribution in [1.82, 2.24) is 10.2 Å². The van der Waals surface area contributed by atoms with Crippen LogP contribution >= 0.6 is 0 Å². The summed E-state index contributed by atoms with van der Waals surface area (Å²) < 4.78 is 39.5. The molecule has 0 radical (unpaired) electrons. The van der Waals surface area contributed by atoms with Crippen LogP contribution in [0.25, 0.3) is 0 Å². The Morgan fingerprint density at radius 1 is 1.39 bits per heavy atom. The number of benzene rings is 1. The van der Waals surface area contributed by atoms with Crippen LogP contribution in [0.15, 0.2) is 12.1 Å². The molecule has 0 bridgehead atoms. The molecule has 0 aromatic heterocycles. The molecule has 1 N–H and O–H groups in total. The Morgan fingerprint density at radius 2 is 2.11 bits per heavy atom. The summed E-state index contributed by atoms with van der Waals surface area (Å²) in [5.74, 6) is -3.40. The lowest BCUT2D eigenvalue weighted by molar-refractivity contribution is -0.133. The molecule has 98 valence electrons. The van der Waals surface area contributed by atoms with Gasteiger partial charge in [-0.1, -0.05) is 0 Å². The summed E-state index contributed by atoms with van der Waals surface area (Å²) >= 11 is 0. The SMILES string of the molecule is CC1CN(Cc2cc(F)cc(F)c2F)C(=O)CN1. The lowest BCUT2D eigenvalue weighted by Crippen LogP contribution is -2.52. The lowest BCUT2D eigenvalue weighted by atomic mass is 10.1. The Morgan fingerprint density at radius 3 is 2.83 bits per heavy atom. The average Bonchev–Trinajstić information content (AvgIpc) is 2.30. The normalized spacial score (nSPS) is 20.3. The fraction of sp³-hybridized carbons (Fsp3) is 0.417. The molecule has 1 saturated heterocycles. The highest BCUT2D eigenvalue weighted by molar-refractivity contribution is 5.79. The third-order valence-electron chi connectivity index (χ3n) is 2.88. The third-order valence-corrected chi connectivity index (χ3v) is 2.88. The lowest BCUT2D eigenvalue weighted by Gasteiger charge is -2.31. The van der Waals surface area contributed by atoms with Crippen molar-refractivity contribution in [3.8, 4) is 0 Å². The predicted octanol–water partition coefficient (Wildman–Crippen LogP) is 1.42. The molecule has 0 aliphatic carbocycles. The van der Waals surface area contributed by atoms with Crippen LogP contribution < -0.4 is 5.32 Å². The van der Waals surface area contributed by atoms with Crippen LogP contribution in [-0.2, 0) is 11.3 Å². The Balaban J connectivity index is 2.20. The van der Waals surface area contributed by atoms with Gasteiger partial charge in [-0.15, -0.1) is 0 Å². The van der Waals surface area contributed by atoms with Crippen LogP contribution in [0.5, 0.6) is 0 Å². The molecular weight excluding hydrogens is 245 g/mol. The zero-order valence-electron chi connectivity index (χ0n) is 9.84. The van der Waals surface area contributed by atoms with Gasteiger partial charge >= 0.3 is 0 Å². The summed E-state index contributed by atoms with van der Waals surface area (Å²) in [5, 5.41) is 2.95. The van der Waals surface area contributed by atoms with Gasteiger partial charge in [0.25, 0.3) is 0 Å². The van der Waals surface area contributed by atoms with E-state index < -0.39 is 17.5 Å². The van der Waals surface area contributed by atoms with Gasteiger partial charge in [-0.3, -0.25) is 4.79 Å². The van der Waals surface area contributed by atoms with E-state index in [1.54, 1.807) is 0 Å². The topological polar surface area (TPSA) is 32.3 Å². The molecule has 2 rings (SSSR count). The van der Waals surface area contributed by atoms with Gasteiger partial charge < -0.3 is 10.2 Å². The third kappa shape index (κ3) is 2.64. The van der Waals surface area contributed by atoms with E-state index in [-0.39, 0.29) is 30.6 Å². The highest BCUT2D eigenvalue weighted by Gasteiger charge is 2.24. The Labute approximate surface area is 103 Å². The standard InChI is InChI=1S/C12H13F3N2O/c1-7-5-17(11(18)4-16-7)6-8-2-9(13)3-10(14)12(8)15/h2-3,7,16H,4-6H2,1H3. The summed E-state index contributed by atoms with van der Waals surface area (Å²) in [4.78, 5) is 13.0. The van der Waals surface area contributed by atoms with Gasteiger partial charge in [-0.25, -0.2) is 13.2 Å². The van der Waals surface area contributed by atoms with Crippen LogP contribution in [0.2, 0.25) is 0 Å². The highest BCUT2D eigenvalue weighted by atomic mass is 19.2. The molecule has 1 aliphatic rings. The predicted molar refractivity (Wildman–Crippen MR) is 59.2 cm³/mol. The number of amides is 1. The first-order valence-corrected chi connectivity index (χ1v) is 5.62. The van der Waals surface area contributed by atoms with E-state index in [0.717, 1.165) is 6.07 Å². The second-order valence-electron chi connectivity index (χ2n) is 4.42. The minimum atomic E-state index is -1.24. The number of rotatable bonds is 2. The van der Waals surface area contributed by atoms with Crippen LogP contribution in [0.3, 0.4) is 0 Å². The first-order valence-electron chi connectivity index (χ1n) is 5.62. The highest BCUT2D eigenvalue weighted by Crippen LogP contribution is 2.17. The molecule has 1 fully saturated rings. The van der Waals surface area contributed by atoms with Gasteiger partial charge in [-0.05, 0) is 13.0 Å². The monoisotopic (exact) mass is 258 g/mol. The van der Waals surface area contributed by atoms with Crippen molar-refractivity contribution in [1.29, 1.82) is 0 Å². The van der Waals surface area contributed by atoms with Crippen molar-refractivity contribution >= 4 is 5.91 Å². The van der Waals surface area contributed by atoms with Gasteiger partial charge in [0, 0.05) is 30.8 Å². The summed E-state index contributed by atoms with van der Waals surface area (Å²) in [7, 11) is 0. The van der Waals surface area contributed by atoms with E-state index in [1.165, 1.54) is 4.90 Å². The molecule has 1 aromatic rings. The maximum atomic E-state index is 13.5. The average molecular weight is 258 g/mol. The number of carbonyl (C=O) groups excluding carboxylic acids is 1. The summed E-state index contributed by atoms with van der Waals surface area (Å²) in [6.45, 7) is 2.30. The summed E-state index contributed by atoms with van der Waals surface area (Å²) in [6.07, 6.45) is 0. The van der Waals surface area contributed by atoms with Gasteiger partial charge in [0.15, 0.2) is 11.6 Å². The number of nitrogens with one attached hydrogen (secondary N) is 1. The van der Waals surface area contributed by atoms with Gasteiger partial charge in [-0.2, -0.15) is 0 Å². The van der Waals surface area contributed by atoms with E-state index in [2.05, 4.69) is 5.32 Å². The van der Waals surface area contributed by atoms with Crippen LogP contribution in [-0.4, -0.2) is 29.9 Å². The Kier molecular flexibility index (Phi) is 3.56. The van der Waals surface area contributed by atoms with E-state index in [4.69, 9.17) is 0 Å². The molecule has 1 unspecified atom stereocenters. The maximum Gasteiger partial charge on any atom is 0.236 e. The van der Waals surface area contributed by atoms with Crippen LogP contribution in [0, 0.1) is 17.5 Å². The minimum absolute atomic E-state index is 0.0733. The smallest absolute Gasteiger partial charge is 0.236 e. The molecule has 18 heavy (non-hydrogen) atoms. The van der Waals surface area contributed by atoms with E-state index >= 15 is 0 Å². The van der Waals surface area contributed by atoms with E-state index in [0.29, 0.717) is 12.6 Å². The van der Waals surface area contributed by atoms with Crippen molar-refractivity contribution in [2.45, 2.75) is 19.5 Å². The number of nitrogens with zero attached hydrogens (tertiary/aromatic N) is 1. The van der Waals surface area contributed by atoms with Crippen molar-refractivity contribution in [3.63, 3.8) is 0 Å². The largest absolute Gasteiger partial charge is 0.336 e. The van der Waals surface area contributed by atoms with Crippen LogP contribution in [0.4, 0.5) is 13.2 Å². The number of halogens is 3. The second kappa shape index (κ2) is 4.97. The molecule has 1 atom stereocenters. The number of carbonyl (C=O) groups is 1. The summed E-state index contributed by atoms with van der Waals surface area (Å²) in [6, 6.07) is 1.48. The maximum absolute atomic E-state index is 13.5. The fourth-order valence-corrected chi connectivity index (χ4v) is 1.95. The van der Waals surface area contributed by atoms with Gasteiger partial charge in [0.1, 0.15) is 5.82 Å². The van der Waals surface area contributed by atoms with Crippen LogP contribution in [0.1, 0.15) is 12.5 Å². The first-order chi connectivity index (χ1) is 8.47. The Hall–Kier alpha value is -1.56. The number of piperazine rings is 1. The van der Waals surface area contributed by atoms with Gasteiger partial charge in [0.2, 0.25) is 5.91 Å². The first kappa shape index (κ1) is 12.9. The molecule has 1 aromatic carbocycles. The molecule has 3 nitrogen and oxygen atoms in total. The minimum Gasteiger partial charge on any atom is -0.336 e. The van der Waals surface area contributed by atoms with E-state index in [9.17, 15) is 18.0 Å². The molecule has 1 aliphatic heterocycles.